The lowest BCUT2D eigenvalue weighted by Crippen LogP contribution is -2.31. The van der Waals surface area contributed by atoms with Gasteiger partial charge in [0, 0.05) is 17.8 Å². The van der Waals surface area contributed by atoms with Crippen molar-refractivity contribution >= 4 is 27.4 Å². The zero-order valence-corrected chi connectivity index (χ0v) is 12.4. The highest BCUT2D eigenvalue weighted by atomic mass is 32.1. The molecule has 0 atom stereocenters. The van der Waals surface area contributed by atoms with Crippen molar-refractivity contribution in [1.82, 2.24) is 9.55 Å². The van der Waals surface area contributed by atoms with Crippen molar-refractivity contribution in [2.24, 2.45) is 0 Å². The van der Waals surface area contributed by atoms with E-state index in [0.29, 0.717) is 19.0 Å². The van der Waals surface area contributed by atoms with Crippen LogP contribution in [0.5, 0.6) is 0 Å². The van der Waals surface area contributed by atoms with Crippen LogP contribution in [0.2, 0.25) is 0 Å². The van der Waals surface area contributed by atoms with E-state index in [1.165, 1.54) is 5.56 Å². The number of aromatic nitrogens is 2. The fraction of sp³-hybridized carbons (Fsp3) is 0.429. The van der Waals surface area contributed by atoms with E-state index in [1.54, 1.807) is 22.0 Å². The van der Waals surface area contributed by atoms with Gasteiger partial charge in [0.2, 0.25) is 0 Å². The molecule has 1 aliphatic heterocycles. The minimum absolute atomic E-state index is 0.215. The number of nitrogens with two attached hydrogens (primary N) is 1. The summed E-state index contributed by atoms with van der Waals surface area (Å²) < 4.78 is 7.45. The Bertz CT molecular complexity index is 758. The first kappa shape index (κ1) is 13.3. The summed E-state index contributed by atoms with van der Waals surface area (Å²) in [5.41, 5.74) is 6.62. The van der Waals surface area contributed by atoms with Crippen molar-refractivity contribution in [1.29, 1.82) is 0 Å². The Morgan fingerprint density at radius 3 is 3.05 bits per heavy atom. The lowest BCUT2D eigenvalue weighted by molar-refractivity contribution is -0.0379. The molecule has 2 aromatic heterocycles. The number of thiophene rings is 1. The van der Waals surface area contributed by atoms with Gasteiger partial charge in [-0.05, 0) is 19.4 Å². The topological polar surface area (TPSA) is 70.1 Å². The molecule has 2 N–H and O–H groups in total. The number of nitrogen functional groups attached to an aromatic ring is 1. The fourth-order valence-electron chi connectivity index (χ4n) is 2.59. The molecule has 20 heavy (non-hydrogen) atoms. The average molecular weight is 291 g/mol. The van der Waals surface area contributed by atoms with Gasteiger partial charge < -0.3 is 10.5 Å². The van der Waals surface area contributed by atoms with Gasteiger partial charge in [0.05, 0.1) is 17.6 Å². The van der Waals surface area contributed by atoms with E-state index < -0.39 is 0 Å². The molecular formula is C14H17N3O2S. The highest BCUT2D eigenvalue weighted by molar-refractivity contribution is 7.19. The molecule has 2 aromatic rings. The van der Waals surface area contributed by atoms with E-state index >= 15 is 0 Å². The van der Waals surface area contributed by atoms with Gasteiger partial charge in [-0.3, -0.25) is 4.57 Å². The summed E-state index contributed by atoms with van der Waals surface area (Å²) in [4.78, 5) is 17.9. The first-order chi connectivity index (χ1) is 9.43. The third-order valence-electron chi connectivity index (χ3n) is 3.53. The van der Waals surface area contributed by atoms with Crippen molar-refractivity contribution in [3.63, 3.8) is 0 Å². The second-order valence-corrected chi connectivity index (χ2v) is 6.67. The van der Waals surface area contributed by atoms with Crippen molar-refractivity contribution in [3.05, 3.63) is 33.6 Å². The minimum Gasteiger partial charge on any atom is -0.383 e. The normalized spacial score (nSPS) is 17.1. The second-order valence-electron chi connectivity index (χ2n) is 5.59. The second kappa shape index (κ2) is 4.43. The lowest BCUT2D eigenvalue weighted by atomic mass is 9.94. The maximum atomic E-state index is 12.0. The molecule has 0 aromatic carbocycles. The van der Waals surface area contributed by atoms with E-state index in [0.717, 1.165) is 21.5 Å². The Hall–Kier alpha value is -1.66. The molecule has 3 heterocycles. The van der Waals surface area contributed by atoms with Crippen LogP contribution in [0.1, 0.15) is 24.3 Å². The first-order valence-electron chi connectivity index (χ1n) is 6.48. The van der Waals surface area contributed by atoms with Crippen LogP contribution in [-0.2, 0) is 24.3 Å². The van der Waals surface area contributed by atoms with Crippen LogP contribution in [-0.4, -0.2) is 15.2 Å². The summed E-state index contributed by atoms with van der Waals surface area (Å²) in [6.07, 6.45) is 2.47. The molecule has 0 fully saturated rings. The largest absolute Gasteiger partial charge is 0.383 e. The highest BCUT2D eigenvalue weighted by Crippen LogP contribution is 2.40. The Morgan fingerprint density at radius 1 is 1.60 bits per heavy atom. The predicted octanol–water partition coefficient (Wildman–Crippen LogP) is 2.08. The van der Waals surface area contributed by atoms with E-state index in [1.807, 2.05) is 0 Å². The Balaban J connectivity index is 2.33. The maximum Gasteiger partial charge on any atom is 0.350 e. The number of nitrogens with zero attached hydrogens (tertiary/aromatic N) is 2. The Labute approximate surface area is 120 Å². The van der Waals surface area contributed by atoms with E-state index in [4.69, 9.17) is 10.5 Å². The molecule has 0 unspecified atom stereocenters. The summed E-state index contributed by atoms with van der Waals surface area (Å²) in [7, 11) is 0. The van der Waals surface area contributed by atoms with Crippen molar-refractivity contribution in [3.8, 4) is 0 Å². The Kier molecular flexibility index (Phi) is 2.95. The summed E-state index contributed by atoms with van der Waals surface area (Å²) in [5, 5.41) is 0.905. The fourth-order valence-corrected chi connectivity index (χ4v) is 3.83. The molecule has 0 saturated heterocycles. The molecule has 0 saturated carbocycles. The van der Waals surface area contributed by atoms with Crippen LogP contribution in [0, 0.1) is 0 Å². The van der Waals surface area contributed by atoms with Gasteiger partial charge in [-0.25, -0.2) is 4.79 Å². The van der Waals surface area contributed by atoms with Gasteiger partial charge in [-0.2, -0.15) is 4.98 Å². The lowest BCUT2D eigenvalue weighted by Gasteiger charge is -2.30. The van der Waals surface area contributed by atoms with Crippen LogP contribution in [0.3, 0.4) is 0 Å². The van der Waals surface area contributed by atoms with Gasteiger partial charge in [-0.15, -0.1) is 17.9 Å². The third kappa shape index (κ3) is 1.96. The number of fused-ring (bicyclic) bond motifs is 3. The smallest absolute Gasteiger partial charge is 0.350 e. The molecule has 0 radical (unpaired) electrons. The van der Waals surface area contributed by atoms with Gasteiger partial charge in [-0.1, -0.05) is 6.08 Å². The molecule has 0 bridgehead atoms. The van der Waals surface area contributed by atoms with Crippen LogP contribution in [0.15, 0.2) is 17.4 Å². The van der Waals surface area contributed by atoms with Crippen LogP contribution < -0.4 is 11.4 Å². The van der Waals surface area contributed by atoms with E-state index in [-0.39, 0.29) is 11.3 Å². The Morgan fingerprint density at radius 2 is 2.35 bits per heavy atom. The van der Waals surface area contributed by atoms with Crippen molar-refractivity contribution in [2.75, 3.05) is 5.73 Å². The molecule has 1 aliphatic rings. The van der Waals surface area contributed by atoms with Crippen molar-refractivity contribution < 1.29 is 4.74 Å². The number of rotatable bonds is 2. The van der Waals surface area contributed by atoms with Gasteiger partial charge in [0.1, 0.15) is 10.6 Å². The van der Waals surface area contributed by atoms with Gasteiger partial charge >= 0.3 is 5.69 Å². The zero-order chi connectivity index (χ0) is 14.5. The number of allylic oxidation sites excluding steroid dienone is 1. The molecule has 106 valence electrons. The summed E-state index contributed by atoms with van der Waals surface area (Å²) >= 11 is 1.57. The van der Waals surface area contributed by atoms with E-state index in [9.17, 15) is 4.79 Å². The quantitative estimate of drug-likeness (QED) is 0.860. The number of ether oxygens (including phenoxy) is 1. The monoisotopic (exact) mass is 291 g/mol. The molecular weight excluding hydrogens is 274 g/mol. The van der Waals surface area contributed by atoms with Gasteiger partial charge in [0.15, 0.2) is 0 Å². The predicted molar refractivity (Wildman–Crippen MR) is 81.1 cm³/mol. The van der Waals surface area contributed by atoms with Crippen LogP contribution >= 0.6 is 11.3 Å². The maximum absolute atomic E-state index is 12.0. The summed E-state index contributed by atoms with van der Waals surface area (Å²) in [6, 6.07) is 0. The molecule has 0 aliphatic carbocycles. The molecule has 3 rings (SSSR count). The SMILES string of the molecule is C=CCn1c(=O)nc(N)c2c3c(sc21)COC(C)(C)C3. The molecule has 0 spiro atoms. The number of hydrogen-bond acceptors (Lipinski definition) is 5. The third-order valence-corrected chi connectivity index (χ3v) is 4.76. The standard InChI is InChI=1S/C14H17N3O2S/c1-4-5-17-12-10(11(15)16-13(17)18)8-6-14(2,3)19-7-9(8)20-12/h4H,1,5-7H2,2-3H3,(H2,15,16,18). The summed E-state index contributed by atoms with van der Waals surface area (Å²) in [5.74, 6) is 0.320. The molecule has 5 nitrogen and oxygen atoms in total. The molecule has 6 heteroatoms. The zero-order valence-electron chi connectivity index (χ0n) is 11.6. The number of anilines is 1. The number of hydrogen-bond donors (Lipinski definition) is 1. The van der Waals surface area contributed by atoms with Crippen LogP contribution in [0.4, 0.5) is 5.82 Å². The van der Waals surface area contributed by atoms with Gasteiger partial charge in [0.25, 0.3) is 0 Å². The van der Waals surface area contributed by atoms with E-state index in [2.05, 4.69) is 25.4 Å². The van der Waals surface area contributed by atoms with Crippen molar-refractivity contribution in [2.45, 2.75) is 39.0 Å². The summed E-state index contributed by atoms with van der Waals surface area (Å²) in [6.45, 7) is 8.80. The minimum atomic E-state index is -0.325. The highest BCUT2D eigenvalue weighted by Gasteiger charge is 2.31. The van der Waals surface area contributed by atoms with Crippen LogP contribution in [0.25, 0.3) is 10.2 Å². The first-order valence-corrected chi connectivity index (χ1v) is 7.30. The average Bonchev–Trinajstić information content (AvgIpc) is 2.71. The molecule has 0 amide bonds.